The number of nitrogens with zero attached hydrogens (tertiary/aromatic N) is 1. The summed E-state index contributed by atoms with van der Waals surface area (Å²) < 4.78 is 46.8. The first-order valence-corrected chi connectivity index (χ1v) is 6.47. The van der Waals surface area contributed by atoms with Crippen molar-refractivity contribution in [1.82, 2.24) is 5.43 Å². The molecule has 0 spiro atoms. The van der Waals surface area contributed by atoms with Gasteiger partial charge in [0.1, 0.15) is 11.5 Å². The highest BCUT2D eigenvalue weighted by atomic mass is 19.4. The molecule has 0 radical (unpaired) electrons. The average molecular weight is 342 g/mol. The predicted molar refractivity (Wildman–Crippen MR) is 80.1 cm³/mol. The van der Waals surface area contributed by atoms with Crippen molar-refractivity contribution in [2.24, 2.45) is 11.7 Å². The molecule has 1 aromatic heterocycles. The lowest BCUT2D eigenvalue weighted by molar-refractivity contribution is -0.274. The summed E-state index contributed by atoms with van der Waals surface area (Å²) in [6.07, 6.45) is -0.841. The Bertz CT molecular complexity index is 729. The van der Waals surface area contributed by atoms with Crippen LogP contribution in [-0.4, -0.2) is 12.4 Å². The molecule has 2 amide bonds. The van der Waals surface area contributed by atoms with Crippen molar-refractivity contribution in [3.63, 3.8) is 0 Å². The van der Waals surface area contributed by atoms with Gasteiger partial charge < -0.3 is 9.15 Å². The van der Waals surface area contributed by atoms with E-state index in [9.17, 15) is 18.0 Å². The van der Waals surface area contributed by atoms with Gasteiger partial charge in [0.2, 0.25) is 0 Å². The minimum atomic E-state index is -4.92. The zero-order valence-electron chi connectivity index (χ0n) is 12.1. The van der Waals surface area contributed by atoms with Crippen LogP contribution in [0.1, 0.15) is 11.3 Å². The molecular formula is C14H13F3N4O3. The smallest absolute Gasteiger partial charge is 0.465 e. The van der Waals surface area contributed by atoms with E-state index in [2.05, 4.69) is 4.74 Å². The third-order valence-corrected chi connectivity index (χ3v) is 2.83. The second-order valence-corrected chi connectivity index (χ2v) is 4.40. The highest BCUT2D eigenvalue weighted by Gasteiger charge is 2.32. The van der Waals surface area contributed by atoms with E-state index in [1.54, 1.807) is 17.6 Å². The lowest BCUT2D eigenvalue weighted by Gasteiger charge is -2.20. The van der Waals surface area contributed by atoms with Gasteiger partial charge in [0, 0.05) is 5.56 Å². The van der Waals surface area contributed by atoms with Crippen molar-refractivity contribution in [3.05, 3.63) is 47.9 Å². The Balaban J connectivity index is 2.49. The first kappa shape index (κ1) is 17.4. The number of nitrogens with two attached hydrogens (primary N) is 2. The van der Waals surface area contributed by atoms with Crippen LogP contribution in [0.2, 0.25) is 0 Å². The number of hydrazine groups is 2. The zero-order valence-corrected chi connectivity index (χ0v) is 12.1. The molecule has 5 N–H and O–H groups in total. The van der Waals surface area contributed by atoms with Crippen LogP contribution in [0.25, 0.3) is 12.2 Å². The van der Waals surface area contributed by atoms with Gasteiger partial charge in [-0.25, -0.2) is 21.5 Å². The number of nitrogens with one attached hydrogen (secondary N) is 1. The van der Waals surface area contributed by atoms with Crippen molar-refractivity contribution in [1.29, 1.82) is 0 Å². The van der Waals surface area contributed by atoms with Gasteiger partial charge in [-0.05, 0) is 36.4 Å². The number of halogens is 3. The molecule has 0 aliphatic rings. The van der Waals surface area contributed by atoms with Crippen LogP contribution in [0.4, 0.5) is 23.7 Å². The maximum absolute atomic E-state index is 12.6. The summed E-state index contributed by atoms with van der Waals surface area (Å²) in [4.78, 5) is 11.6. The standard InChI is InChI=1S/C14H13F3N4O3/c15-14(16,17)24-12-5-1-4-11(21(19)13(22)20-18)10(12)7-6-9-3-2-8-23-9/h1-8H,18-19H2,(H,20,22)/b7-6+. The highest BCUT2D eigenvalue weighted by molar-refractivity contribution is 5.94. The molecular weight excluding hydrogens is 329 g/mol. The Kier molecular flexibility index (Phi) is 5.11. The van der Waals surface area contributed by atoms with E-state index >= 15 is 0 Å². The number of anilines is 1. The molecule has 0 aliphatic heterocycles. The fourth-order valence-corrected chi connectivity index (χ4v) is 1.85. The molecule has 1 aromatic carbocycles. The topological polar surface area (TPSA) is 107 Å². The number of carbonyl (C=O) groups excluding carboxylic acids is 1. The summed E-state index contributed by atoms with van der Waals surface area (Å²) in [6, 6.07) is 5.95. The van der Waals surface area contributed by atoms with Crippen molar-refractivity contribution in [2.75, 3.05) is 5.01 Å². The maximum Gasteiger partial charge on any atom is 0.573 e. The summed E-state index contributed by atoms with van der Waals surface area (Å²) in [6.45, 7) is 0. The van der Waals surface area contributed by atoms with Crippen LogP contribution < -0.4 is 26.9 Å². The third-order valence-electron chi connectivity index (χ3n) is 2.83. The van der Waals surface area contributed by atoms with Crippen LogP contribution in [0.3, 0.4) is 0 Å². The van der Waals surface area contributed by atoms with Crippen LogP contribution in [-0.2, 0) is 0 Å². The molecule has 7 nitrogen and oxygen atoms in total. The summed E-state index contributed by atoms with van der Waals surface area (Å²) in [5.41, 5.74) is 1.65. The molecule has 2 rings (SSSR count). The van der Waals surface area contributed by atoms with Crippen LogP contribution in [0, 0.1) is 0 Å². The first-order chi connectivity index (χ1) is 11.3. The zero-order chi connectivity index (χ0) is 17.7. The number of carbonyl (C=O) groups is 1. The van der Waals surface area contributed by atoms with E-state index in [0.29, 0.717) is 10.8 Å². The minimum Gasteiger partial charge on any atom is -0.465 e. The Morgan fingerprint density at radius 3 is 2.58 bits per heavy atom. The second-order valence-electron chi connectivity index (χ2n) is 4.40. The number of urea groups is 1. The van der Waals surface area contributed by atoms with Gasteiger partial charge in [-0.1, -0.05) is 6.07 Å². The van der Waals surface area contributed by atoms with Crippen LogP contribution >= 0.6 is 0 Å². The number of amides is 2. The van der Waals surface area contributed by atoms with Crippen molar-refractivity contribution in [2.45, 2.75) is 6.36 Å². The van der Waals surface area contributed by atoms with Crippen molar-refractivity contribution >= 4 is 23.9 Å². The molecule has 0 saturated heterocycles. The monoisotopic (exact) mass is 342 g/mol. The SMILES string of the molecule is NNC(=O)N(N)c1cccc(OC(F)(F)F)c1/C=C/c1ccco1. The van der Waals surface area contributed by atoms with Gasteiger partial charge in [-0.3, -0.25) is 5.43 Å². The number of benzene rings is 1. The van der Waals surface area contributed by atoms with Gasteiger partial charge in [0.15, 0.2) is 0 Å². The van der Waals surface area contributed by atoms with E-state index in [4.69, 9.17) is 16.1 Å². The van der Waals surface area contributed by atoms with E-state index in [-0.39, 0.29) is 11.3 Å². The van der Waals surface area contributed by atoms with Gasteiger partial charge in [-0.2, -0.15) is 0 Å². The van der Waals surface area contributed by atoms with Gasteiger partial charge in [-0.15, -0.1) is 13.2 Å². The molecule has 128 valence electrons. The summed E-state index contributed by atoms with van der Waals surface area (Å²) >= 11 is 0. The third kappa shape index (κ3) is 4.27. The van der Waals surface area contributed by atoms with E-state index in [0.717, 1.165) is 6.07 Å². The quantitative estimate of drug-likeness (QED) is 0.450. The van der Waals surface area contributed by atoms with E-state index in [1.165, 1.54) is 30.5 Å². The van der Waals surface area contributed by atoms with Crippen molar-refractivity contribution in [3.8, 4) is 5.75 Å². The first-order valence-electron chi connectivity index (χ1n) is 6.47. The van der Waals surface area contributed by atoms with Gasteiger partial charge in [0.05, 0.1) is 12.0 Å². The number of hydrogen-bond acceptors (Lipinski definition) is 5. The number of alkyl halides is 3. The van der Waals surface area contributed by atoms with E-state index in [1.807, 2.05) is 0 Å². The molecule has 0 saturated carbocycles. The molecule has 10 heteroatoms. The number of rotatable bonds is 4. The summed E-state index contributed by atoms with van der Waals surface area (Å²) in [7, 11) is 0. The average Bonchev–Trinajstić information content (AvgIpc) is 3.04. The van der Waals surface area contributed by atoms with Crippen LogP contribution in [0.15, 0.2) is 41.0 Å². The lowest BCUT2D eigenvalue weighted by atomic mass is 10.1. The van der Waals surface area contributed by atoms with Crippen molar-refractivity contribution < 1.29 is 27.1 Å². The highest BCUT2D eigenvalue weighted by Crippen LogP contribution is 2.34. The lowest BCUT2D eigenvalue weighted by Crippen LogP contribution is -2.48. The fraction of sp³-hybridized carbons (Fsp3) is 0.0714. The fourth-order valence-electron chi connectivity index (χ4n) is 1.85. The van der Waals surface area contributed by atoms with Crippen LogP contribution in [0.5, 0.6) is 5.75 Å². The molecule has 0 unspecified atom stereocenters. The molecule has 24 heavy (non-hydrogen) atoms. The second kappa shape index (κ2) is 7.06. The Morgan fingerprint density at radius 1 is 1.25 bits per heavy atom. The molecule has 0 aliphatic carbocycles. The molecule has 2 aromatic rings. The Morgan fingerprint density at radius 2 is 2.00 bits per heavy atom. The largest absolute Gasteiger partial charge is 0.573 e. The van der Waals surface area contributed by atoms with E-state index < -0.39 is 18.1 Å². The number of hydrogen-bond donors (Lipinski definition) is 3. The molecule has 0 bridgehead atoms. The molecule has 1 heterocycles. The number of ether oxygens (including phenoxy) is 1. The Labute approximate surface area is 134 Å². The van der Waals surface area contributed by atoms with Gasteiger partial charge >= 0.3 is 12.4 Å². The summed E-state index contributed by atoms with van der Waals surface area (Å²) in [5.74, 6) is 10.4. The normalized spacial score (nSPS) is 11.5. The maximum atomic E-state index is 12.6. The Hall–Kier alpha value is -2.98. The van der Waals surface area contributed by atoms with Gasteiger partial charge in [0.25, 0.3) is 0 Å². The molecule has 0 atom stereocenters. The minimum absolute atomic E-state index is 0.0532. The number of furan rings is 1. The molecule has 0 fully saturated rings. The predicted octanol–water partition coefficient (Wildman–Crippen LogP) is 2.61. The summed E-state index contributed by atoms with van der Waals surface area (Å²) in [5, 5.41) is 0.561.